The molecule has 1 amide bonds. The number of aromatic nitrogens is 1. The third-order valence-electron chi connectivity index (χ3n) is 2.26. The Morgan fingerprint density at radius 3 is 2.88 bits per heavy atom. The second-order valence-electron chi connectivity index (χ2n) is 3.89. The zero-order chi connectivity index (χ0) is 12.5. The molecule has 0 spiro atoms. The lowest BCUT2D eigenvalue weighted by Gasteiger charge is -2.06. The summed E-state index contributed by atoms with van der Waals surface area (Å²) in [6.07, 6.45) is 3.09. The molecule has 0 aromatic carbocycles. The van der Waals surface area contributed by atoms with E-state index in [-0.39, 0.29) is 5.91 Å². The van der Waals surface area contributed by atoms with Crippen LogP contribution in [0.4, 0.5) is 5.82 Å². The fraction of sp³-hybridized carbons (Fsp3) is 0.500. The van der Waals surface area contributed by atoms with Crippen LogP contribution in [0, 0.1) is 6.92 Å². The Morgan fingerprint density at radius 1 is 1.41 bits per heavy atom. The highest BCUT2D eigenvalue weighted by Gasteiger charge is 1.97. The van der Waals surface area contributed by atoms with Gasteiger partial charge < -0.3 is 16.4 Å². The number of rotatable bonds is 7. The first-order chi connectivity index (χ1) is 8.22. The maximum Gasteiger partial charge on any atom is 0.221 e. The largest absolute Gasteiger partial charge is 0.370 e. The first-order valence-corrected chi connectivity index (χ1v) is 5.85. The molecule has 94 valence electrons. The summed E-state index contributed by atoms with van der Waals surface area (Å²) in [4.78, 5) is 15.3. The van der Waals surface area contributed by atoms with E-state index in [9.17, 15) is 4.79 Å². The number of nitrogens with one attached hydrogen (secondary N) is 2. The highest BCUT2D eigenvalue weighted by atomic mass is 16.1. The molecular weight excluding hydrogens is 216 g/mol. The number of nitrogens with zero attached hydrogens (tertiary/aromatic N) is 1. The van der Waals surface area contributed by atoms with Crippen molar-refractivity contribution in [1.29, 1.82) is 0 Å². The summed E-state index contributed by atoms with van der Waals surface area (Å²) in [6, 6.07) is 3.96. The standard InChI is InChI=1S/C12H20N4O/c1-10-3-4-11(16-9-10)14-7-2-8-15-12(17)5-6-13/h3-4,9H,2,5-8,13H2,1H3,(H,14,16)(H,15,17). The Kier molecular flexibility index (Phi) is 6.03. The predicted octanol–water partition coefficient (Wildman–Crippen LogP) is 0.657. The van der Waals surface area contributed by atoms with E-state index in [1.165, 1.54) is 0 Å². The van der Waals surface area contributed by atoms with E-state index in [0.717, 1.165) is 24.3 Å². The summed E-state index contributed by atoms with van der Waals surface area (Å²) in [5.41, 5.74) is 6.41. The smallest absolute Gasteiger partial charge is 0.221 e. The molecule has 1 heterocycles. The molecule has 0 bridgehead atoms. The van der Waals surface area contributed by atoms with Gasteiger partial charge in [-0.25, -0.2) is 4.98 Å². The van der Waals surface area contributed by atoms with Crippen LogP contribution >= 0.6 is 0 Å². The summed E-state index contributed by atoms with van der Waals surface area (Å²) >= 11 is 0. The van der Waals surface area contributed by atoms with Crippen LogP contribution in [0.3, 0.4) is 0 Å². The van der Waals surface area contributed by atoms with Crippen molar-refractivity contribution in [2.24, 2.45) is 5.73 Å². The summed E-state index contributed by atoms with van der Waals surface area (Å²) < 4.78 is 0. The Labute approximate surface area is 102 Å². The van der Waals surface area contributed by atoms with Gasteiger partial charge in [0, 0.05) is 32.3 Å². The van der Waals surface area contributed by atoms with E-state index in [4.69, 9.17) is 5.73 Å². The number of hydrogen-bond donors (Lipinski definition) is 3. The molecule has 0 saturated heterocycles. The molecule has 5 nitrogen and oxygen atoms in total. The second-order valence-corrected chi connectivity index (χ2v) is 3.89. The van der Waals surface area contributed by atoms with Crippen LogP contribution in [-0.4, -0.2) is 30.5 Å². The maximum absolute atomic E-state index is 11.1. The lowest BCUT2D eigenvalue weighted by molar-refractivity contribution is -0.120. The number of anilines is 1. The van der Waals surface area contributed by atoms with E-state index < -0.39 is 0 Å². The SMILES string of the molecule is Cc1ccc(NCCCNC(=O)CCN)nc1. The van der Waals surface area contributed by atoms with Gasteiger partial charge in [0.1, 0.15) is 5.82 Å². The third kappa shape index (κ3) is 5.87. The first-order valence-electron chi connectivity index (χ1n) is 5.85. The number of pyridine rings is 1. The van der Waals surface area contributed by atoms with Crippen molar-refractivity contribution >= 4 is 11.7 Å². The van der Waals surface area contributed by atoms with Gasteiger partial charge in [0.15, 0.2) is 0 Å². The van der Waals surface area contributed by atoms with Gasteiger partial charge >= 0.3 is 0 Å². The van der Waals surface area contributed by atoms with E-state index in [0.29, 0.717) is 19.5 Å². The Hall–Kier alpha value is -1.62. The van der Waals surface area contributed by atoms with Crippen molar-refractivity contribution in [2.45, 2.75) is 19.8 Å². The van der Waals surface area contributed by atoms with Crippen molar-refractivity contribution in [2.75, 3.05) is 25.0 Å². The lowest BCUT2D eigenvalue weighted by Crippen LogP contribution is -2.27. The quantitative estimate of drug-likeness (QED) is 0.607. The molecule has 0 aliphatic carbocycles. The molecule has 1 aromatic heterocycles. The van der Waals surface area contributed by atoms with Crippen LogP contribution in [0.2, 0.25) is 0 Å². The molecule has 17 heavy (non-hydrogen) atoms. The summed E-state index contributed by atoms with van der Waals surface area (Å²) in [5, 5.41) is 5.99. The van der Waals surface area contributed by atoms with Crippen molar-refractivity contribution in [3.05, 3.63) is 23.9 Å². The third-order valence-corrected chi connectivity index (χ3v) is 2.26. The molecule has 0 saturated carbocycles. The van der Waals surface area contributed by atoms with Gasteiger partial charge in [0.2, 0.25) is 5.91 Å². The Bertz CT molecular complexity index is 337. The van der Waals surface area contributed by atoms with Crippen LogP contribution in [0.15, 0.2) is 18.3 Å². The molecule has 0 atom stereocenters. The van der Waals surface area contributed by atoms with E-state index in [2.05, 4.69) is 15.6 Å². The number of carbonyl (C=O) groups is 1. The Morgan fingerprint density at radius 2 is 2.24 bits per heavy atom. The van der Waals surface area contributed by atoms with Gasteiger partial charge in [-0.1, -0.05) is 6.07 Å². The van der Waals surface area contributed by atoms with Crippen molar-refractivity contribution < 1.29 is 4.79 Å². The minimum Gasteiger partial charge on any atom is -0.370 e. The molecule has 1 aromatic rings. The molecular formula is C12H20N4O. The van der Waals surface area contributed by atoms with E-state index in [1.807, 2.05) is 25.3 Å². The normalized spacial score (nSPS) is 10.0. The van der Waals surface area contributed by atoms with Gasteiger partial charge in [-0.05, 0) is 25.0 Å². The predicted molar refractivity (Wildman–Crippen MR) is 68.8 cm³/mol. The first kappa shape index (κ1) is 13.4. The lowest BCUT2D eigenvalue weighted by atomic mass is 10.3. The number of aryl methyl sites for hydroxylation is 1. The van der Waals surface area contributed by atoms with Crippen molar-refractivity contribution in [3.8, 4) is 0 Å². The van der Waals surface area contributed by atoms with Gasteiger partial charge in [-0.2, -0.15) is 0 Å². The van der Waals surface area contributed by atoms with Gasteiger partial charge in [-0.15, -0.1) is 0 Å². The average Bonchev–Trinajstić information content (AvgIpc) is 2.31. The maximum atomic E-state index is 11.1. The van der Waals surface area contributed by atoms with Crippen LogP contribution in [0.25, 0.3) is 0 Å². The van der Waals surface area contributed by atoms with Crippen molar-refractivity contribution in [1.82, 2.24) is 10.3 Å². The number of hydrogen-bond acceptors (Lipinski definition) is 4. The zero-order valence-corrected chi connectivity index (χ0v) is 10.2. The number of nitrogens with two attached hydrogens (primary N) is 1. The summed E-state index contributed by atoms with van der Waals surface area (Å²) in [7, 11) is 0. The molecule has 0 aliphatic heterocycles. The minimum atomic E-state index is 0.0148. The van der Waals surface area contributed by atoms with E-state index in [1.54, 1.807) is 0 Å². The number of amides is 1. The van der Waals surface area contributed by atoms with Crippen LogP contribution in [-0.2, 0) is 4.79 Å². The molecule has 0 fully saturated rings. The van der Waals surface area contributed by atoms with E-state index >= 15 is 0 Å². The monoisotopic (exact) mass is 236 g/mol. The fourth-order valence-corrected chi connectivity index (χ4v) is 1.32. The number of carbonyl (C=O) groups excluding carboxylic acids is 1. The summed E-state index contributed by atoms with van der Waals surface area (Å²) in [5.74, 6) is 0.879. The topological polar surface area (TPSA) is 80.0 Å². The van der Waals surface area contributed by atoms with Gasteiger partial charge in [-0.3, -0.25) is 4.79 Å². The average molecular weight is 236 g/mol. The molecule has 5 heteroatoms. The molecule has 4 N–H and O–H groups in total. The molecule has 0 aliphatic rings. The van der Waals surface area contributed by atoms with Crippen LogP contribution < -0.4 is 16.4 Å². The molecule has 0 radical (unpaired) electrons. The van der Waals surface area contributed by atoms with Crippen molar-refractivity contribution in [3.63, 3.8) is 0 Å². The van der Waals surface area contributed by atoms with Crippen LogP contribution in [0.1, 0.15) is 18.4 Å². The van der Waals surface area contributed by atoms with Crippen LogP contribution in [0.5, 0.6) is 0 Å². The summed E-state index contributed by atoms with van der Waals surface area (Å²) in [6.45, 7) is 3.86. The highest BCUT2D eigenvalue weighted by molar-refractivity contribution is 5.75. The molecule has 0 unspecified atom stereocenters. The minimum absolute atomic E-state index is 0.0148. The fourth-order valence-electron chi connectivity index (χ4n) is 1.32. The van der Waals surface area contributed by atoms with Gasteiger partial charge in [0.25, 0.3) is 0 Å². The highest BCUT2D eigenvalue weighted by Crippen LogP contribution is 2.03. The second kappa shape index (κ2) is 7.62. The zero-order valence-electron chi connectivity index (χ0n) is 10.2. The Balaban J connectivity index is 2.08. The molecule has 1 rings (SSSR count). The van der Waals surface area contributed by atoms with Gasteiger partial charge in [0.05, 0.1) is 0 Å².